The summed E-state index contributed by atoms with van der Waals surface area (Å²) in [5.41, 5.74) is 5.18. The Hall–Kier alpha value is -2.36. The Morgan fingerprint density at radius 3 is 2.79 bits per heavy atom. The van der Waals surface area contributed by atoms with Gasteiger partial charge in [-0.3, -0.25) is 4.79 Å². The highest BCUT2D eigenvalue weighted by Gasteiger charge is 2.31. The topological polar surface area (TPSA) is 54.6 Å². The van der Waals surface area contributed by atoms with Gasteiger partial charge in [-0.05, 0) is 19.1 Å². The van der Waals surface area contributed by atoms with E-state index in [1.54, 1.807) is 6.26 Å². The van der Waals surface area contributed by atoms with E-state index >= 15 is 0 Å². The maximum atomic E-state index is 12.5. The molecule has 1 aromatic carbocycles. The Balaban J connectivity index is 1.89. The summed E-state index contributed by atoms with van der Waals surface area (Å²) in [5, 5.41) is 4.13. The van der Waals surface area contributed by atoms with Gasteiger partial charge in [0, 0.05) is 12.1 Å². The number of Topliss-reactive ketones (excluding diaryl/α,β-unsaturated/α-hetero) is 1. The molecule has 1 N–H and O–H groups in total. The molecule has 4 heteroatoms. The van der Waals surface area contributed by atoms with Crippen LogP contribution in [0.25, 0.3) is 0 Å². The highest BCUT2D eigenvalue weighted by atomic mass is 16.3. The van der Waals surface area contributed by atoms with E-state index in [0.29, 0.717) is 17.8 Å². The van der Waals surface area contributed by atoms with Crippen LogP contribution in [0.3, 0.4) is 0 Å². The minimum Gasteiger partial charge on any atom is -0.469 e. The zero-order valence-electron chi connectivity index (χ0n) is 10.6. The normalized spacial score (nSPS) is 17.9. The van der Waals surface area contributed by atoms with E-state index in [-0.39, 0.29) is 11.7 Å². The van der Waals surface area contributed by atoms with Gasteiger partial charge in [0.1, 0.15) is 11.5 Å². The van der Waals surface area contributed by atoms with Gasteiger partial charge in [0.25, 0.3) is 0 Å². The second-order valence-electron chi connectivity index (χ2n) is 4.62. The molecular weight excluding hydrogens is 240 g/mol. The standard InChI is InChI=1S/C15H14N2O2/c1-10-4-6-11(7-5-10)15(18)14-12(9-16-17-14)13-3-2-8-19-13/h2-8,12,16H,9H2,1H3. The van der Waals surface area contributed by atoms with Gasteiger partial charge in [-0.1, -0.05) is 29.8 Å². The molecule has 0 saturated heterocycles. The number of hydrogen-bond acceptors (Lipinski definition) is 4. The SMILES string of the molecule is Cc1ccc(C(=O)C2=NNCC2c2ccco2)cc1. The molecule has 0 fully saturated rings. The Kier molecular flexibility index (Phi) is 2.91. The van der Waals surface area contributed by atoms with Gasteiger partial charge in [-0.15, -0.1) is 0 Å². The molecule has 3 rings (SSSR count). The lowest BCUT2D eigenvalue weighted by Crippen LogP contribution is -2.21. The van der Waals surface area contributed by atoms with Crippen molar-refractivity contribution >= 4 is 11.5 Å². The van der Waals surface area contributed by atoms with E-state index in [2.05, 4.69) is 10.5 Å². The quantitative estimate of drug-likeness (QED) is 0.856. The van der Waals surface area contributed by atoms with Crippen LogP contribution in [0.1, 0.15) is 27.6 Å². The second kappa shape index (κ2) is 4.72. The molecule has 96 valence electrons. The molecule has 2 heterocycles. The summed E-state index contributed by atoms with van der Waals surface area (Å²) >= 11 is 0. The predicted octanol–water partition coefficient (Wildman–Crippen LogP) is 2.51. The fraction of sp³-hybridized carbons (Fsp3) is 0.200. The van der Waals surface area contributed by atoms with Crippen molar-refractivity contribution in [3.63, 3.8) is 0 Å². The molecule has 1 aliphatic rings. The Morgan fingerprint density at radius 2 is 2.11 bits per heavy atom. The lowest BCUT2D eigenvalue weighted by atomic mass is 9.94. The van der Waals surface area contributed by atoms with Gasteiger partial charge in [0.2, 0.25) is 5.78 Å². The maximum Gasteiger partial charge on any atom is 0.209 e. The molecule has 1 aliphatic heterocycles. The number of furan rings is 1. The minimum absolute atomic E-state index is 0.0496. The zero-order valence-corrected chi connectivity index (χ0v) is 10.6. The lowest BCUT2D eigenvalue weighted by Gasteiger charge is -2.08. The summed E-state index contributed by atoms with van der Waals surface area (Å²) in [5.74, 6) is 0.611. The van der Waals surface area contributed by atoms with Crippen LogP contribution in [0.4, 0.5) is 0 Å². The summed E-state index contributed by atoms with van der Waals surface area (Å²) in [6, 6.07) is 11.2. The van der Waals surface area contributed by atoms with Crippen LogP contribution in [0.15, 0.2) is 52.2 Å². The highest BCUT2D eigenvalue weighted by Crippen LogP contribution is 2.23. The first-order valence-electron chi connectivity index (χ1n) is 6.21. The molecule has 0 radical (unpaired) electrons. The number of nitrogens with zero attached hydrogens (tertiary/aromatic N) is 1. The molecule has 4 nitrogen and oxygen atoms in total. The Labute approximate surface area is 111 Å². The average Bonchev–Trinajstić information content (AvgIpc) is 3.09. The molecule has 1 aromatic heterocycles. The third-order valence-corrected chi connectivity index (χ3v) is 3.26. The monoisotopic (exact) mass is 254 g/mol. The number of rotatable bonds is 3. The van der Waals surface area contributed by atoms with Gasteiger partial charge in [-0.2, -0.15) is 5.10 Å². The third-order valence-electron chi connectivity index (χ3n) is 3.26. The summed E-state index contributed by atoms with van der Waals surface area (Å²) < 4.78 is 5.38. The summed E-state index contributed by atoms with van der Waals surface area (Å²) in [6.45, 7) is 2.59. The number of ketones is 1. The van der Waals surface area contributed by atoms with Crippen molar-refractivity contribution in [2.45, 2.75) is 12.8 Å². The van der Waals surface area contributed by atoms with Crippen LogP contribution in [0, 0.1) is 6.92 Å². The fourth-order valence-corrected chi connectivity index (χ4v) is 2.18. The van der Waals surface area contributed by atoms with Crippen molar-refractivity contribution in [2.75, 3.05) is 6.54 Å². The van der Waals surface area contributed by atoms with E-state index in [1.165, 1.54) is 0 Å². The van der Waals surface area contributed by atoms with E-state index in [1.807, 2.05) is 43.3 Å². The first-order valence-corrected chi connectivity index (χ1v) is 6.21. The number of hydrazone groups is 1. The van der Waals surface area contributed by atoms with Crippen molar-refractivity contribution in [3.05, 3.63) is 59.5 Å². The minimum atomic E-state index is -0.108. The first-order chi connectivity index (χ1) is 9.25. The van der Waals surface area contributed by atoms with E-state index in [9.17, 15) is 4.79 Å². The third kappa shape index (κ3) is 2.17. The number of carbonyl (C=O) groups excluding carboxylic acids is 1. The zero-order chi connectivity index (χ0) is 13.2. The highest BCUT2D eigenvalue weighted by molar-refractivity contribution is 6.48. The van der Waals surface area contributed by atoms with Crippen molar-refractivity contribution in [2.24, 2.45) is 5.10 Å². The number of nitrogens with one attached hydrogen (secondary N) is 1. The maximum absolute atomic E-state index is 12.5. The van der Waals surface area contributed by atoms with Crippen LogP contribution in [0.5, 0.6) is 0 Å². The number of benzene rings is 1. The molecule has 0 amide bonds. The summed E-state index contributed by atoms with van der Waals surface area (Å²) in [4.78, 5) is 12.5. The van der Waals surface area contributed by atoms with Crippen molar-refractivity contribution in [3.8, 4) is 0 Å². The molecular formula is C15H14N2O2. The molecule has 0 bridgehead atoms. The van der Waals surface area contributed by atoms with Crippen LogP contribution in [-0.4, -0.2) is 18.0 Å². The van der Waals surface area contributed by atoms with Crippen LogP contribution in [-0.2, 0) is 0 Å². The Morgan fingerprint density at radius 1 is 1.32 bits per heavy atom. The van der Waals surface area contributed by atoms with Gasteiger partial charge in [0.15, 0.2) is 0 Å². The lowest BCUT2D eigenvalue weighted by molar-refractivity contribution is 0.106. The van der Waals surface area contributed by atoms with Gasteiger partial charge in [0.05, 0.1) is 12.2 Å². The molecule has 19 heavy (non-hydrogen) atoms. The van der Waals surface area contributed by atoms with Crippen LogP contribution >= 0.6 is 0 Å². The van der Waals surface area contributed by atoms with Gasteiger partial charge in [-0.25, -0.2) is 0 Å². The molecule has 1 atom stereocenters. The van der Waals surface area contributed by atoms with Crippen molar-refractivity contribution in [1.82, 2.24) is 5.43 Å². The van der Waals surface area contributed by atoms with Gasteiger partial charge >= 0.3 is 0 Å². The smallest absolute Gasteiger partial charge is 0.209 e. The average molecular weight is 254 g/mol. The van der Waals surface area contributed by atoms with Crippen LogP contribution in [0.2, 0.25) is 0 Å². The molecule has 1 unspecified atom stereocenters. The summed E-state index contributed by atoms with van der Waals surface area (Å²) in [7, 11) is 0. The number of aryl methyl sites for hydroxylation is 1. The second-order valence-corrected chi connectivity index (χ2v) is 4.62. The summed E-state index contributed by atoms with van der Waals surface area (Å²) in [6.07, 6.45) is 1.61. The molecule has 0 saturated carbocycles. The number of hydrogen-bond donors (Lipinski definition) is 1. The van der Waals surface area contributed by atoms with E-state index in [0.717, 1.165) is 11.3 Å². The fourth-order valence-electron chi connectivity index (χ4n) is 2.18. The molecule has 2 aromatic rings. The molecule has 0 aliphatic carbocycles. The van der Waals surface area contributed by atoms with Gasteiger partial charge < -0.3 is 9.84 Å². The Bertz CT molecular complexity index is 612. The first kappa shape index (κ1) is 11.7. The predicted molar refractivity (Wildman–Crippen MR) is 72.4 cm³/mol. The van der Waals surface area contributed by atoms with E-state index in [4.69, 9.17) is 4.42 Å². The van der Waals surface area contributed by atoms with Crippen LogP contribution < -0.4 is 5.43 Å². The van der Waals surface area contributed by atoms with E-state index < -0.39 is 0 Å². The number of carbonyl (C=O) groups is 1. The van der Waals surface area contributed by atoms with Crippen molar-refractivity contribution in [1.29, 1.82) is 0 Å². The molecule has 0 spiro atoms. The van der Waals surface area contributed by atoms with Crippen molar-refractivity contribution < 1.29 is 9.21 Å². The largest absolute Gasteiger partial charge is 0.469 e.